The molecule has 0 spiro atoms. The molecule has 1 fully saturated rings. The number of hydrogen-bond donors (Lipinski definition) is 0. The third-order valence-corrected chi connectivity index (χ3v) is 5.94. The molecule has 3 aromatic rings. The number of methoxy groups -OCH3 is 1. The summed E-state index contributed by atoms with van der Waals surface area (Å²) in [6.07, 6.45) is -1.69. The minimum atomic E-state index is -4.55. The number of alkyl halides is 3. The predicted molar refractivity (Wildman–Crippen MR) is 124 cm³/mol. The molecule has 1 amide bonds. The number of thiocarbonyl (C=S) groups is 1. The number of hydrogen-bond acceptors (Lipinski definition) is 7. The van der Waals surface area contributed by atoms with Gasteiger partial charge in [-0.1, -0.05) is 36.1 Å². The zero-order valence-electron chi connectivity index (χ0n) is 17.3. The van der Waals surface area contributed by atoms with Gasteiger partial charge in [-0.2, -0.15) is 13.2 Å². The van der Waals surface area contributed by atoms with Crippen LogP contribution in [0.5, 0.6) is 11.5 Å². The summed E-state index contributed by atoms with van der Waals surface area (Å²) in [5.74, 6) is -0.886. The van der Waals surface area contributed by atoms with Crippen LogP contribution in [-0.4, -0.2) is 23.3 Å². The monoisotopic (exact) mass is 505 g/mol. The number of nitrogens with zero attached hydrogens (tertiary/aromatic N) is 1. The molecule has 0 saturated carbocycles. The van der Waals surface area contributed by atoms with Gasteiger partial charge in [0.25, 0.3) is 5.91 Å². The second-order valence-electron chi connectivity index (χ2n) is 6.84. The van der Waals surface area contributed by atoms with Crippen molar-refractivity contribution in [1.29, 1.82) is 0 Å². The van der Waals surface area contributed by atoms with Gasteiger partial charge in [-0.3, -0.25) is 9.69 Å². The Kier molecular flexibility index (Phi) is 6.49. The molecule has 4 rings (SSSR count). The molecule has 0 unspecified atom stereocenters. The molecule has 0 N–H and O–H groups in total. The normalized spacial score (nSPS) is 15.2. The molecule has 0 radical (unpaired) electrons. The Morgan fingerprint density at radius 1 is 1.12 bits per heavy atom. The number of furan rings is 1. The first kappa shape index (κ1) is 23.6. The second kappa shape index (κ2) is 9.35. The summed E-state index contributed by atoms with van der Waals surface area (Å²) in [7, 11) is 1.39. The van der Waals surface area contributed by atoms with E-state index in [1.54, 1.807) is 18.2 Å². The van der Waals surface area contributed by atoms with Crippen molar-refractivity contribution in [1.82, 2.24) is 0 Å². The van der Waals surface area contributed by atoms with Crippen LogP contribution in [-0.2, 0) is 11.0 Å². The van der Waals surface area contributed by atoms with Gasteiger partial charge in [0.05, 0.1) is 29.5 Å². The third kappa shape index (κ3) is 4.85. The van der Waals surface area contributed by atoms with Crippen molar-refractivity contribution in [2.75, 3.05) is 12.0 Å². The lowest BCUT2D eigenvalue weighted by Gasteiger charge is -2.16. The topological polar surface area (TPSA) is 69.0 Å². The molecule has 1 aliphatic rings. The molecule has 6 nitrogen and oxygen atoms in total. The average molecular weight is 505 g/mol. The largest absolute Gasteiger partial charge is 0.493 e. The van der Waals surface area contributed by atoms with Gasteiger partial charge in [0, 0.05) is 0 Å². The van der Waals surface area contributed by atoms with Crippen LogP contribution in [0.1, 0.15) is 21.7 Å². The van der Waals surface area contributed by atoms with Crippen LogP contribution in [0.25, 0.3) is 6.08 Å². The molecule has 0 bridgehead atoms. The van der Waals surface area contributed by atoms with Crippen LogP contribution in [0.15, 0.2) is 70.2 Å². The Morgan fingerprint density at radius 2 is 1.91 bits per heavy atom. The summed E-state index contributed by atoms with van der Waals surface area (Å²) in [5.41, 5.74) is -0.329. The Bertz CT molecular complexity index is 1300. The van der Waals surface area contributed by atoms with E-state index in [0.717, 1.165) is 28.8 Å². The van der Waals surface area contributed by atoms with Crippen LogP contribution in [0.4, 0.5) is 18.9 Å². The average Bonchev–Trinajstić information content (AvgIpc) is 3.43. The second-order valence-corrected chi connectivity index (χ2v) is 8.52. The summed E-state index contributed by atoms with van der Waals surface area (Å²) < 4.78 is 54.9. The lowest BCUT2D eigenvalue weighted by Crippen LogP contribution is -2.27. The van der Waals surface area contributed by atoms with Gasteiger partial charge in [-0.25, -0.2) is 4.79 Å². The van der Waals surface area contributed by atoms with E-state index < -0.39 is 23.6 Å². The van der Waals surface area contributed by atoms with Gasteiger partial charge in [0.15, 0.2) is 15.8 Å². The van der Waals surface area contributed by atoms with Crippen molar-refractivity contribution in [2.24, 2.45) is 0 Å². The Morgan fingerprint density at radius 3 is 2.59 bits per heavy atom. The Labute approximate surface area is 200 Å². The van der Waals surface area contributed by atoms with E-state index in [2.05, 4.69) is 0 Å². The molecule has 174 valence electrons. The molecule has 1 saturated heterocycles. The quantitative estimate of drug-likeness (QED) is 0.184. The molecular weight excluding hydrogens is 491 g/mol. The number of rotatable bonds is 5. The number of carbonyl (C=O) groups is 2. The smallest absolute Gasteiger partial charge is 0.416 e. The number of thioether (sulfide) groups is 1. The van der Waals surface area contributed by atoms with E-state index in [9.17, 15) is 22.8 Å². The van der Waals surface area contributed by atoms with E-state index >= 15 is 0 Å². The lowest BCUT2D eigenvalue weighted by atomic mass is 10.1. The Balaban J connectivity index is 1.58. The number of carbonyl (C=O) groups excluding carboxylic acids is 2. The summed E-state index contributed by atoms with van der Waals surface area (Å²) in [4.78, 5) is 26.3. The highest BCUT2D eigenvalue weighted by molar-refractivity contribution is 8.27. The molecule has 1 aliphatic heterocycles. The van der Waals surface area contributed by atoms with Crippen LogP contribution in [0.2, 0.25) is 0 Å². The summed E-state index contributed by atoms with van der Waals surface area (Å²) >= 11 is 6.20. The molecule has 0 aliphatic carbocycles. The Hall–Kier alpha value is -3.57. The van der Waals surface area contributed by atoms with E-state index in [1.807, 2.05) is 0 Å². The standard InChI is InChI=1S/C23H14F3NO5S2/c1-30-18-10-13(7-8-16(18)32-21(29)17-6-3-9-31-17)11-19-20(28)27(22(33)34-19)15-5-2-4-14(12-15)23(24,25)26/h2-12H,1H3/b19-11-. The zero-order valence-corrected chi connectivity index (χ0v) is 18.9. The van der Waals surface area contributed by atoms with Gasteiger partial charge in [0.1, 0.15) is 0 Å². The van der Waals surface area contributed by atoms with E-state index in [1.165, 1.54) is 43.7 Å². The first-order chi connectivity index (χ1) is 16.2. The van der Waals surface area contributed by atoms with Gasteiger partial charge in [-0.05, 0) is 54.1 Å². The first-order valence-electron chi connectivity index (χ1n) is 9.56. The van der Waals surface area contributed by atoms with Crippen LogP contribution >= 0.6 is 24.0 Å². The first-order valence-corrected chi connectivity index (χ1v) is 10.8. The van der Waals surface area contributed by atoms with E-state index in [4.69, 9.17) is 26.1 Å². The van der Waals surface area contributed by atoms with E-state index in [0.29, 0.717) is 5.56 Å². The fourth-order valence-corrected chi connectivity index (χ4v) is 4.37. The number of halogens is 3. The van der Waals surface area contributed by atoms with E-state index in [-0.39, 0.29) is 32.2 Å². The molecular formula is C23H14F3NO5S2. The highest BCUT2D eigenvalue weighted by Gasteiger charge is 2.36. The molecule has 1 aromatic heterocycles. The summed E-state index contributed by atoms with van der Waals surface area (Å²) in [6.45, 7) is 0. The van der Waals surface area contributed by atoms with Crippen molar-refractivity contribution < 1.29 is 36.7 Å². The van der Waals surface area contributed by atoms with Crippen molar-refractivity contribution in [3.05, 3.63) is 82.7 Å². The minimum Gasteiger partial charge on any atom is -0.493 e. The number of esters is 1. The highest BCUT2D eigenvalue weighted by Crippen LogP contribution is 2.39. The fourth-order valence-electron chi connectivity index (χ4n) is 3.07. The zero-order chi connectivity index (χ0) is 24.5. The van der Waals surface area contributed by atoms with Crippen LogP contribution < -0.4 is 14.4 Å². The van der Waals surface area contributed by atoms with Crippen LogP contribution in [0, 0.1) is 0 Å². The molecule has 11 heteroatoms. The number of benzene rings is 2. The molecule has 0 atom stereocenters. The van der Waals surface area contributed by atoms with Gasteiger partial charge in [0.2, 0.25) is 5.76 Å². The van der Waals surface area contributed by atoms with Crippen molar-refractivity contribution in [3.8, 4) is 11.5 Å². The number of amides is 1. The van der Waals surface area contributed by atoms with Crippen LogP contribution in [0.3, 0.4) is 0 Å². The van der Waals surface area contributed by atoms with Crippen molar-refractivity contribution in [2.45, 2.75) is 6.18 Å². The SMILES string of the molecule is COc1cc(/C=C2\SC(=S)N(c3cccc(C(F)(F)F)c3)C2=O)ccc1OC(=O)c1ccco1. The maximum absolute atomic E-state index is 13.1. The van der Waals surface area contributed by atoms with Crippen molar-refractivity contribution in [3.63, 3.8) is 0 Å². The number of anilines is 1. The summed E-state index contributed by atoms with van der Waals surface area (Å²) in [6, 6.07) is 12.0. The summed E-state index contributed by atoms with van der Waals surface area (Å²) in [5, 5.41) is 0. The maximum Gasteiger partial charge on any atom is 0.416 e. The molecule has 2 heterocycles. The third-order valence-electron chi connectivity index (χ3n) is 4.64. The van der Waals surface area contributed by atoms with Gasteiger partial charge >= 0.3 is 12.1 Å². The fraction of sp³-hybridized carbons (Fsp3) is 0.0870. The van der Waals surface area contributed by atoms with Gasteiger partial charge in [-0.15, -0.1) is 0 Å². The molecule has 34 heavy (non-hydrogen) atoms. The van der Waals surface area contributed by atoms with Crippen molar-refractivity contribution >= 4 is 51.9 Å². The number of ether oxygens (including phenoxy) is 2. The highest BCUT2D eigenvalue weighted by atomic mass is 32.2. The predicted octanol–water partition coefficient (Wildman–Crippen LogP) is 5.93. The molecule has 2 aromatic carbocycles. The van der Waals surface area contributed by atoms with Gasteiger partial charge < -0.3 is 13.9 Å². The minimum absolute atomic E-state index is 0.0180. The lowest BCUT2D eigenvalue weighted by molar-refractivity contribution is -0.137. The maximum atomic E-state index is 13.1.